The third-order valence-electron chi connectivity index (χ3n) is 3.09. The highest BCUT2D eigenvalue weighted by atomic mass is 32.2. The quantitative estimate of drug-likeness (QED) is 0.702. The maximum absolute atomic E-state index is 12.4. The fourth-order valence-electron chi connectivity index (χ4n) is 2.01. The smallest absolute Gasteiger partial charge is 0.266 e. The van der Waals surface area contributed by atoms with Crippen molar-refractivity contribution in [3.05, 3.63) is 66.5 Å². The zero-order valence-electron chi connectivity index (χ0n) is 11.8. The Kier molecular flexibility index (Phi) is 4.00. The number of aromatic nitrogens is 2. The van der Waals surface area contributed by atoms with E-state index in [1.165, 1.54) is 18.5 Å². The van der Waals surface area contributed by atoms with Crippen LogP contribution in [0, 0.1) is 0 Å². The minimum Gasteiger partial charge on any atom is -0.273 e. The molecule has 116 valence electrons. The zero-order chi connectivity index (χ0) is 16.3. The molecular weight excluding hydrogens is 316 g/mol. The molecule has 2 N–H and O–H groups in total. The number of carbonyl (C=O) groups excluding carboxylic acids is 1. The van der Waals surface area contributed by atoms with E-state index in [4.69, 9.17) is 0 Å². The normalized spacial score (nSPS) is 11.3. The van der Waals surface area contributed by atoms with Crippen LogP contribution in [0.5, 0.6) is 0 Å². The van der Waals surface area contributed by atoms with Gasteiger partial charge in [0.15, 0.2) is 0 Å². The van der Waals surface area contributed by atoms with Gasteiger partial charge in [0.05, 0.1) is 5.52 Å². The molecule has 0 aliphatic carbocycles. The van der Waals surface area contributed by atoms with Gasteiger partial charge in [-0.25, -0.2) is 8.42 Å². The van der Waals surface area contributed by atoms with Crippen molar-refractivity contribution in [1.29, 1.82) is 0 Å². The molecule has 0 atom stereocenters. The van der Waals surface area contributed by atoms with Crippen LogP contribution in [0.1, 0.15) is 10.4 Å². The summed E-state index contributed by atoms with van der Waals surface area (Å²) in [5.74, 6) is -0.555. The van der Waals surface area contributed by atoms with Gasteiger partial charge in [0.1, 0.15) is 10.4 Å². The standard InChI is InChI=1S/C15H12N4O3S/c20-15(11-5-2-1-3-6-11)18-19-23(21,22)13-8-4-7-12-14(13)17-10-9-16-12/h1-10,19H,(H,18,20). The number of benzene rings is 2. The first kappa shape index (κ1) is 15.1. The van der Waals surface area contributed by atoms with Crippen LogP contribution in [0.25, 0.3) is 11.0 Å². The van der Waals surface area contributed by atoms with Gasteiger partial charge >= 0.3 is 0 Å². The predicted octanol–water partition coefficient (Wildman–Crippen LogP) is 1.25. The molecule has 3 rings (SSSR count). The topological polar surface area (TPSA) is 101 Å². The van der Waals surface area contributed by atoms with Gasteiger partial charge in [-0.1, -0.05) is 24.3 Å². The molecule has 0 aliphatic heterocycles. The molecule has 3 aromatic rings. The number of para-hydroxylation sites is 1. The number of nitrogens with zero attached hydrogens (tertiary/aromatic N) is 2. The molecule has 23 heavy (non-hydrogen) atoms. The number of amides is 1. The number of rotatable bonds is 4. The molecule has 7 nitrogen and oxygen atoms in total. The van der Waals surface area contributed by atoms with Gasteiger partial charge in [0, 0.05) is 18.0 Å². The molecular formula is C15H12N4O3S. The molecule has 0 aliphatic rings. The van der Waals surface area contributed by atoms with E-state index in [0.29, 0.717) is 11.1 Å². The van der Waals surface area contributed by atoms with Crippen LogP contribution < -0.4 is 10.3 Å². The molecule has 2 aromatic carbocycles. The summed E-state index contributed by atoms with van der Waals surface area (Å²) < 4.78 is 24.8. The Hall–Kier alpha value is -2.84. The van der Waals surface area contributed by atoms with Crippen molar-refractivity contribution in [3.8, 4) is 0 Å². The van der Waals surface area contributed by atoms with Gasteiger partial charge in [-0.2, -0.15) is 0 Å². The lowest BCUT2D eigenvalue weighted by Gasteiger charge is -2.09. The van der Waals surface area contributed by atoms with Crippen molar-refractivity contribution in [2.45, 2.75) is 4.90 Å². The Morgan fingerprint density at radius 1 is 0.913 bits per heavy atom. The van der Waals surface area contributed by atoms with E-state index < -0.39 is 15.9 Å². The number of sulfonamides is 1. The largest absolute Gasteiger partial charge is 0.273 e. The van der Waals surface area contributed by atoms with Crippen LogP contribution >= 0.6 is 0 Å². The van der Waals surface area contributed by atoms with Gasteiger partial charge in [-0.15, -0.1) is 4.83 Å². The lowest BCUT2D eigenvalue weighted by Crippen LogP contribution is -2.41. The molecule has 0 saturated heterocycles. The van der Waals surface area contributed by atoms with Gasteiger partial charge in [0.2, 0.25) is 0 Å². The Morgan fingerprint density at radius 3 is 2.43 bits per heavy atom. The molecule has 0 radical (unpaired) electrons. The lowest BCUT2D eigenvalue weighted by molar-refractivity contribution is 0.0945. The van der Waals surface area contributed by atoms with Crippen LogP contribution in [-0.4, -0.2) is 24.3 Å². The van der Waals surface area contributed by atoms with Crippen molar-refractivity contribution >= 4 is 27.0 Å². The number of hydrazine groups is 1. The monoisotopic (exact) mass is 328 g/mol. The van der Waals surface area contributed by atoms with Gasteiger partial charge < -0.3 is 0 Å². The number of fused-ring (bicyclic) bond motifs is 1. The van der Waals surface area contributed by atoms with E-state index in [9.17, 15) is 13.2 Å². The predicted molar refractivity (Wildman–Crippen MR) is 83.8 cm³/mol. The minimum absolute atomic E-state index is 0.0588. The van der Waals surface area contributed by atoms with Crippen molar-refractivity contribution in [1.82, 2.24) is 20.2 Å². The first-order valence-electron chi connectivity index (χ1n) is 6.65. The molecule has 0 unspecified atom stereocenters. The van der Waals surface area contributed by atoms with E-state index in [1.807, 2.05) is 0 Å². The summed E-state index contributed by atoms with van der Waals surface area (Å²) in [5.41, 5.74) is 3.20. The van der Waals surface area contributed by atoms with Gasteiger partial charge in [-0.05, 0) is 24.3 Å². The Balaban J connectivity index is 1.86. The summed E-state index contributed by atoms with van der Waals surface area (Å²) >= 11 is 0. The van der Waals surface area contributed by atoms with E-state index >= 15 is 0 Å². The summed E-state index contributed by atoms with van der Waals surface area (Å²) in [4.78, 5) is 22.0. The maximum atomic E-state index is 12.4. The van der Waals surface area contributed by atoms with Crippen LogP contribution in [0.3, 0.4) is 0 Å². The highest BCUT2D eigenvalue weighted by Gasteiger charge is 2.19. The average molecular weight is 328 g/mol. The maximum Gasteiger partial charge on any atom is 0.266 e. The third-order valence-corrected chi connectivity index (χ3v) is 4.37. The molecule has 8 heteroatoms. The van der Waals surface area contributed by atoms with Crippen LogP contribution in [0.2, 0.25) is 0 Å². The summed E-state index contributed by atoms with van der Waals surface area (Å²) in [6.07, 6.45) is 2.88. The van der Waals surface area contributed by atoms with Crippen molar-refractivity contribution < 1.29 is 13.2 Å². The summed E-state index contributed by atoms with van der Waals surface area (Å²) in [7, 11) is -3.97. The van der Waals surface area contributed by atoms with E-state index in [-0.39, 0.29) is 10.4 Å². The number of nitrogens with one attached hydrogen (secondary N) is 2. The molecule has 0 fully saturated rings. The SMILES string of the molecule is O=C(NNS(=O)(=O)c1cccc2nccnc12)c1ccccc1. The van der Waals surface area contributed by atoms with Crippen LogP contribution in [0.15, 0.2) is 65.8 Å². The Labute approximate surface area is 132 Å². The molecule has 1 aromatic heterocycles. The number of hydrogen-bond acceptors (Lipinski definition) is 5. The van der Waals surface area contributed by atoms with Crippen LogP contribution in [-0.2, 0) is 10.0 Å². The molecule has 1 heterocycles. The summed E-state index contributed by atoms with van der Waals surface area (Å²) in [6.45, 7) is 0. The van der Waals surface area contributed by atoms with Crippen LogP contribution in [0.4, 0.5) is 0 Å². The lowest BCUT2D eigenvalue weighted by atomic mass is 10.2. The van der Waals surface area contributed by atoms with Crippen molar-refractivity contribution in [2.75, 3.05) is 0 Å². The second kappa shape index (κ2) is 6.11. The highest BCUT2D eigenvalue weighted by Crippen LogP contribution is 2.18. The van der Waals surface area contributed by atoms with Crippen molar-refractivity contribution in [3.63, 3.8) is 0 Å². The second-order valence-corrected chi connectivity index (χ2v) is 6.26. The average Bonchev–Trinajstić information content (AvgIpc) is 2.60. The van der Waals surface area contributed by atoms with E-state index in [1.54, 1.807) is 42.5 Å². The Bertz CT molecular complexity index is 953. The van der Waals surface area contributed by atoms with Crippen molar-refractivity contribution in [2.24, 2.45) is 0 Å². The highest BCUT2D eigenvalue weighted by molar-refractivity contribution is 7.89. The fourth-order valence-corrected chi connectivity index (χ4v) is 3.02. The fraction of sp³-hybridized carbons (Fsp3) is 0. The molecule has 0 bridgehead atoms. The summed E-state index contributed by atoms with van der Waals surface area (Å²) in [6, 6.07) is 12.9. The number of carbonyl (C=O) groups is 1. The zero-order valence-corrected chi connectivity index (χ0v) is 12.6. The molecule has 0 spiro atoms. The molecule has 1 amide bonds. The Morgan fingerprint density at radius 2 is 1.65 bits per heavy atom. The summed E-state index contributed by atoms with van der Waals surface area (Å²) in [5, 5.41) is 0. The van der Waals surface area contributed by atoms with E-state index in [0.717, 1.165) is 0 Å². The second-order valence-electron chi connectivity index (χ2n) is 4.61. The van der Waals surface area contributed by atoms with Gasteiger partial charge in [0.25, 0.3) is 15.9 Å². The van der Waals surface area contributed by atoms with Gasteiger partial charge in [-0.3, -0.25) is 20.2 Å². The number of hydrogen-bond donors (Lipinski definition) is 2. The third kappa shape index (κ3) is 3.17. The first-order valence-corrected chi connectivity index (χ1v) is 8.13. The van der Waals surface area contributed by atoms with E-state index in [2.05, 4.69) is 20.2 Å². The molecule has 0 saturated carbocycles. The minimum atomic E-state index is -3.97. The first-order chi connectivity index (χ1) is 11.1.